The van der Waals surface area contributed by atoms with E-state index in [1.165, 1.54) is 13.8 Å². The molecule has 1 aromatic rings. The number of ether oxygens (including phenoxy) is 2. The first-order chi connectivity index (χ1) is 13.0. The fourth-order valence-corrected chi connectivity index (χ4v) is 2.45. The summed E-state index contributed by atoms with van der Waals surface area (Å²) in [5.41, 5.74) is -0.229. The summed E-state index contributed by atoms with van der Waals surface area (Å²) >= 11 is 0. The number of hydrogen-bond donors (Lipinski definition) is 0. The minimum Gasteiger partial charge on any atom is -0.427 e. The molecule has 4 nitrogen and oxygen atoms in total. The lowest BCUT2D eigenvalue weighted by Crippen LogP contribution is -2.15. The van der Waals surface area contributed by atoms with E-state index in [2.05, 4.69) is 13.2 Å². The average molecular weight is 392 g/mol. The molecule has 0 amide bonds. The third kappa shape index (κ3) is 4.42. The van der Waals surface area contributed by atoms with E-state index in [4.69, 9.17) is 9.47 Å². The van der Waals surface area contributed by atoms with Gasteiger partial charge in [0.1, 0.15) is 11.6 Å². The highest BCUT2D eigenvalue weighted by molar-refractivity contribution is 5.89. The Labute approximate surface area is 160 Å². The van der Waals surface area contributed by atoms with Crippen molar-refractivity contribution >= 4 is 17.5 Å². The lowest BCUT2D eigenvalue weighted by Gasteiger charge is -2.23. The molecule has 0 radical (unpaired) electrons. The standard InChI is InChI=1S/C21H19F3O4/c1-10(2)20(25)27-16-7-6-13(18(23)19(16)24)14-8-12(5)17(9-15(14)22)28-21(26)11(3)4/h6-7,9,12H,1,3,8H2,2,4-5H3. The first-order valence-corrected chi connectivity index (χ1v) is 8.36. The fraction of sp³-hybridized carbons (Fsp3) is 0.238. The molecule has 1 atom stereocenters. The van der Waals surface area contributed by atoms with Gasteiger partial charge in [0.2, 0.25) is 5.82 Å². The van der Waals surface area contributed by atoms with Gasteiger partial charge in [-0.25, -0.2) is 18.4 Å². The number of carbonyl (C=O) groups excluding carboxylic acids is 2. The summed E-state index contributed by atoms with van der Waals surface area (Å²) in [5.74, 6) is -6.23. The topological polar surface area (TPSA) is 52.6 Å². The Bertz CT molecular complexity index is 941. The molecule has 0 aromatic heterocycles. The summed E-state index contributed by atoms with van der Waals surface area (Å²) in [6.07, 6.45) is 0.944. The third-order valence-corrected chi connectivity index (χ3v) is 4.04. The van der Waals surface area contributed by atoms with Gasteiger partial charge in [-0.3, -0.25) is 0 Å². The number of rotatable bonds is 5. The SMILES string of the molecule is C=C(C)C(=O)OC1=CC(F)=C(c2ccc(OC(=O)C(=C)C)c(F)c2F)CC1C. The summed E-state index contributed by atoms with van der Waals surface area (Å²) in [4.78, 5) is 23.1. The monoisotopic (exact) mass is 392 g/mol. The second kappa shape index (κ2) is 8.29. The maximum atomic E-state index is 14.5. The first kappa shape index (κ1) is 21.2. The Morgan fingerprint density at radius 1 is 1.00 bits per heavy atom. The van der Waals surface area contributed by atoms with Gasteiger partial charge in [0, 0.05) is 28.7 Å². The molecule has 2 rings (SSSR count). The van der Waals surface area contributed by atoms with Gasteiger partial charge < -0.3 is 9.47 Å². The zero-order valence-electron chi connectivity index (χ0n) is 15.7. The quantitative estimate of drug-likeness (QED) is 0.394. The summed E-state index contributed by atoms with van der Waals surface area (Å²) < 4.78 is 53.1. The summed E-state index contributed by atoms with van der Waals surface area (Å²) in [6, 6.07) is 2.17. The highest BCUT2D eigenvalue weighted by Gasteiger charge is 2.28. The van der Waals surface area contributed by atoms with Crippen LogP contribution in [-0.4, -0.2) is 11.9 Å². The number of carbonyl (C=O) groups is 2. The molecule has 1 aliphatic rings. The van der Waals surface area contributed by atoms with Gasteiger partial charge in [-0.2, -0.15) is 4.39 Å². The van der Waals surface area contributed by atoms with E-state index in [9.17, 15) is 22.8 Å². The van der Waals surface area contributed by atoms with E-state index < -0.39 is 41.1 Å². The Hall–Kier alpha value is -3.09. The van der Waals surface area contributed by atoms with Crippen molar-refractivity contribution in [3.63, 3.8) is 0 Å². The molecule has 0 fully saturated rings. The van der Waals surface area contributed by atoms with Crippen LogP contribution in [0.5, 0.6) is 5.75 Å². The predicted molar refractivity (Wildman–Crippen MR) is 97.6 cm³/mol. The largest absolute Gasteiger partial charge is 0.427 e. The minimum absolute atomic E-state index is 0.0146. The van der Waals surface area contributed by atoms with Gasteiger partial charge >= 0.3 is 11.9 Å². The van der Waals surface area contributed by atoms with Crippen LogP contribution < -0.4 is 4.74 Å². The van der Waals surface area contributed by atoms with E-state index >= 15 is 0 Å². The van der Waals surface area contributed by atoms with Gasteiger partial charge in [-0.1, -0.05) is 20.1 Å². The average Bonchev–Trinajstić information content (AvgIpc) is 2.62. The second-order valence-corrected chi connectivity index (χ2v) is 6.56. The van der Waals surface area contributed by atoms with Crippen LogP contribution in [0.25, 0.3) is 5.57 Å². The molecular formula is C21H19F3O4. The van der Waals surface area contributed by atoms with Gasteiger partial charge in [0.05, 0.1) is 0 Å². The number of benzene rings is 1. The van der Waals surface area contributed by atoms with E-state index in [1.54, 1.807) is 6.92 Å². The molecule has 0 heterocycles. The number of halogens is 3. The highest BCUT2D eigenvalue weighted by Crippen LogP contribution is 2.39. The maximum Gasteiger partial charge on any atom is 0.338 e. The smallest absolute Gasteiger partial charge is 0.338 e. The molecule has 28 heavy (non-hydrogen) atoms. The molecule has 7 heteroatoms. The molecule has 0 bridgehead atoms. The van der Waals surface area contributed by atoms with Crippen molar-refractivity contribution in [3.8, 4) is 5.75 Å². The molecule has 0 spiro atoms. The van der Waals surface area contributed by atoms with Crippen molar-refractivity contribution in [2.75, 3.05) is 0 Å². The summed E-state index contributed by atoms with van der Waals surface area (Å²) in [6.45, 7) is 11.3. The first-order valence-electron chi connectivity index (χ1n) is 8.36. The van der Waals surface area contributed by atoms with Crippen molar-refractivity contribution in [3.05, 3.63) is 71.3 Å². The minimum atomic E-state index is -1.41. The third-order valence-electron chi connectivity index (χ3n) is 4.04. The van der Waals surface area contributed by atoms with Crippen LogP contribution in [0.15, 0.2) is 54.1 Å². The summed E-state index contributed by atoms with van der Waals surface area (Å²) in [5, 5.41) is 0. The zero-order chi connectivity index (χ0) is 21.2. The van der Waals surface area contributed by atoms with Crippen molar-refractivity contribution in [1.82, 2.24) is 0 Å². The second-order valence-electron chi connectivity index (χ2n) is 6.56. The van der Waals surface area contributed by atoms with Crippen LogP contribution >= 0.6 is 0 Å². The van der Waals surface area contributed by atoms with Crippen molar-refractivity contribution in [2.24, 2.45) is 5.92 Å². The maximum absolute atomic E-state index is 14.5. The number of allylic oxidation sites excluding steroid dienone is 4. The van der Waals surface area contributed by atoms with Crippen molar-refractivity contribution in [2.45, 2.75) is 27.2 Å². The van der Waals surface area contributed by atoms with E-state index in [1.807, 2.05) is 0 Å². The highest BCUT2D eigenvalue weighted by atomic mass is 19.2. The predicted octanol–water partition coefficient (Wildman–Crippen LogP) is 5.17. The number of esters is 2. The Morgan fingerprint density at radius 2 is 1.57 bits per heavy atom. The molecule has 148 valence electrons. The van der Waals surface area contributed by atoms with Crippen LogP contribution in [0.4, 0.5) is 13.2 Å². The van der Waals surface area contributed by atoms with Gasteiger partial charge in [-0.15, -0.1) is 0 Å². The lowest BCUT2D eigenvalue weighted by atomic mass is 9.88. The zero-order valence-corrected chi connectivity index (χ0v) is 15.7. The molecule has 0 aliphatic heterocycles. The van der Waals surface area contributed by atoms with Crippen LogP contribution in [0.3, 0.4) is 0 Å². The van der Waals surface area contributed by atoms with Gasteiger partial charge in [0.25, 0.3) is 0 Å². The number of hydrogen-bond acceptors (Lipinski definition) is 4. The van der Waals surface area contributed by atoms with E-state index in [0.29, 0.717) is 0 Å². The van der Waals surface area contributed by atoms with Crippen molar-refractivity contribution in [1.29, 1.82) is 0 Å². The Morgan fingerprint density at radius 3 is 2.14 bits per heavy atom. The molecule has 1 aliphatic carbocycles. The van der Waals surface area contributed by atoms with Gasteiger partial charge in [-0.05, 0) is 38.0 Å². The molecule has 1 aromatic carbocycles. The van der Waals surface area contributed by atoms with Crippen LogP contribution in [0, 0.1) is 17.6 Å². The summed E-state index contributed by atoms with van der Waals surface area (Å²) in [7, 11) is 0. The van der Waals surface area contributed by atoms with Crippen LogP contribution in [0.1, 0.15) is 32.8 Å². The molecular weight excluding hydrogens is 373 g/mol. The van der Waals surface area contributed by atoms with Crippen molar-refractivity contribution < 1.29 is 32.2 Å². The Kier molecular flexibility index (Phi) is 6.28. The van der Waals surface area contributed by atoms with E-state index in [-0.39, 0.29) is 34.5 Å². The molecule has 0 N–H and O–H groups in total. The lowest BCUT2D eigenvalue weighted by molar-refractivity contribution is -0.135. The molecule has 0 saturated carbocycles. The molecule has 0 saturated heterocycles. The van der Waals surface area contributed by atoms with Crippen LogP contribution in [-0.2, 0) is 14.3 Å². The van der Waals surface area contributed by atoms with E-state index in [0.717, 1.165) is 18.2 Å². The molecule has 1 unspecified atom stereocenters. The fourth-order valence-electron chi connectivity index (χ4n) is 2.45. The Balaban J connectivity index is 2.39. The van der Waals surface area contributed by atoms with Gasteiger partial charge in [0.15, 0.2) is 11.6 Å². The van der Waals surface area contributed by atoms with Crippen LogP contribution in [0.2, 0.25) is 0 Å². The normalized spacial score (nSPS) is 16.4.